The maximum Gasteiger partial charge on any atom is 0.322 e. The van der Waals surface area contributed by atoms with Gasteiger partial charge in [0.25, 0.3) is 5.91 Å². The van der Waals surface area contributed by atoms with Gasteiger partial charge in [-0.05, 0) is 67.5 Å². The molecule has 12 nitrogen and oxygen atoms in total. The van der Waals surface area contributed by atoms with Crippen molar-refractivity contribution in [2.75, 3.05) is 45.2 Å². The van der Waals surface area contributed by atoms with Crippen molar-refractivity contribution in [2.45, 2.75) is 49.6 Å². The molecule has 2 aromatic carbocycles. The number of carbonyl (C=O) groups is 2. The van der Waals surface area contributed by atoms with E-state index in [4.69, 9.17) is 15.2 Å². The second kappa shape index (κ2) is 15.8. The van der Waals surface area contributed by atoms with Crippen LogP contribution in [0.2, 0.25) is 0 Å². The number of urea groups is 1. The number of piperidine rings is 1. The number of primary amides is 1. The van der Waals surface area contributed by atoms with Gasteiger partial charge in [0.15, 0.2) is 0 Å². The second-order valence-electron chi connectivity index (χ2n) is 12.0. The van der Waals surface area contributed by atoms with Crippen LogP contribution in [0, 0.1) is 17.6 Å². The number of rotatable bonds is 14. The van der Waals surface area contributed by atoms with Crippen molar-refractivity contribution < 1.29 is 36.3 Å². The number of aromatic nitrogens is 1. The molecule has 1 aliphatic heterocycles. The maximum atomic E-state index is 14.5. The molecule has 1 aromatic heterocycles. The van der Waals surface area contributed by atoms with E-state index < -0.39 is 39.2 Å². The van der Waals surface area contributed by atoms with Crippen molar-refractivity contribution in [3.63, 3.8) is 0 Å². The van der Waals surface area contributed by atoms with Gasteiger partial charge in [0.1, 0.15) is 17.4 Å². The Morgan fingerprint density at radius 3 is 2.38 bits per heavy atom. The summed E-state index contributed by atoms with van der Waals surface area (Å²) in [5.74, 6) is -1.94. The van der Waals surface area contributed by atoms with Gasteiger partial charge in [-0.15, -0.1) is 0 Å². The SMILES string of the molecule is COCCNS(=O)(=O)c1ccc(Oc2ccc(CN3CCC(N(CC4CCC4)C(=O)Nc4cc(C(N)=O)c(F)cc4F)CC3)cn2)cc1. The number of carbonyl (C=O) groups excluding carboxylic acids is 2. The number of hydrogen-bond donors (Lipinski definition) is 3. The minimum Gasteiger partial charge on any atom is -0.439 e. The van der Waals surface area contributed by atoms with Crippen molar-refractivity contribution in [1.82, 2.24) is 19.5 Å². The Morgan fingerprint density at radius 1 is 1.04 bits per heavy atom. The number of amides is 3. The van der Waals surface area contributed by atoms with E-state index in [-0.39, 0.29) is 29.8 Å². The van der Waals surface area contributed by atoms with E-state index in [1.165, 1.54) is 19.2 Å². The van der Waals surface area contributed by atoms with Gasteiger partial charge in [0.05, 0.1) is 22.8 Å². The zero-order valence-corrected chi connectivity index (χ0v) is 27.5. The first-order chi connectivity index (χ1) is 23.0. The third kappa shape index (κ3) is 9.04. The van der Waals surface area contributed by atoms with Crippen LogP contribution in [-0.2, 0) is 21.3 Å². The lowest BCUT2D eigenvalue weighted by Gasteiger charge is -2.41. The summed E-state index contributed by atoms with van der Waals surface area (Å²) in [7, 11) is -2.15. The normalized spacial score (nSPS) is 15.9. The van der Waals surface area contributed by atoms with Gasteiger partial charge < -0.3 is 25.4 Å². The number of nitrogens with two attached hydrogens (primary N) is 1. The van der Waals surface area contributed by atoms with E-state index in [1.807, 2.05) is 6.07 Å². The summed E-state index contributed by atoms with van der Waals surface area (Å²) in [5, 5.41) is 2.55. The number of anilines is 1. The predicted octanol–water partition coefficient (Wildman–Crippen LogP) is 4.47. The molecule has 0 spiro atoms. The zero-order valence-electron chi connectivity index (χ0n) is 26.7. The Kier molecular flexibility index (Phi) is 11.6. The zero-order chi connectivity index (χ0) is 34.3. The number of nitrogens with zero attached hydrogens (tertiary/aromatic N) is 3. The van der Waals surface area contributed by atoms with Crippen molar-refractivity contribution in [3.05, 3.63) is 77.5 Å². The molecule has 3 aromatic rings. The van der Waals surface area contributed by atoms with Crippen LogP contribution in [0.25, 0.3) is 0 Å². The van der Waals surface area contributed by atoms with Crippen LogP contribution in [0.5, 0.6) is 11.6 Å². The van der Waals surface area contributed by atoms with Crippen LogP contribution in [0.3, 0.4) is 0 Å². The summed E-state index contributed by atoms with van der Waals surface area (Å²) in [5.41, 5.74) is 5.41. The molecule has 0 bridgehead atoms. The Bertz CT molecular complexity index is 1680. The summed E-state index contributed by atoms with van der Waals surface area (Å²) in [6, 6.07) is 10.6. The second-order valence-corrected chi connectivity index (χ2v) is 13.8. The van der Waals surface area contributed by atoms with E-state index in [2.05, 4.69) is 19.9 Å². The Balaban J connectivity index is 1.14. The van der Waals surface area contributed by atoms with Crippen molar-refractivity contribution >= 4 is 27.6 Å². The minimum absolute atomic E-state index is 0.0719. The van der Waals surface area contributed by atoms with Crippen LogP contribution in [0.4, 0.5) is 19.3 Å². The predicted molar refractivity (Wildman–Crippen MR) is 174 cm³/mol. The molecule has 1 saturated heterocycles. The third-order valence-corrected chi connectivity index (χ3v) is 10.1. The number of methoxy groups -OCH3 is 1. The summed E-state index contributed by atoms with van der Waals surface area (Å²) < 4.78 is 66.3. The molecule has 3 amide bonds. The van der Waals surface area contributed by atoms with Crippen molar-refractivity contribution in [2.24, 2.45) is 11.7 Å². The molecule has 5 rings (SSSR count). The molecule has 4 N–H and O–H groups in total. The Hall–Kier alpha value is -4.18. The first-order valence-electron chi connectivity index (χ1n) is 15.8. The highest BCUT2D eigenvalue weighted by Crippen LogP contribution is 2.30. The monoisotopic (exact) mass is 686 g/mol. The fourth-order valence-electron chi connectivity index (χ4n) is 5.75. The highest BCUT2D eigenvalue weighted by atomic mass is 32.2. The summed E-state index contributed by atoms with van der Waals surface area (Å²) in [6.07, 6.45) is 6.29. The molecule has 258 valence electrons. The van der Waals surface area contributed by atoms with Crippen molar-refractivity contribution in [3.8, 4) is 11.6 Å². The van der Waals surface area contributed by atoms with Gasteiger partial charge >= 0.3 is 6.03 Å². The molecule has 2 heterocycles. The maximum absolute atomic E-state index is 14.5. The Labute approximate surface area is 278 Å². The number of hydrogen-bond acceptors (Lipinski definition) is 8. The molecule has 1 aliphatic carbocycles. The van der Waals surface area contributed by atoms with Crippen LogP contribution >= 0.6 is 0 Å². The average molecular weight is 687 g/mol. The number of likely N-dealkylation sites (tertiary alicyclic amines) is 1. The number of pyridine rings is 1. The largest absolute Gasteiger partial charge is 0.439 e. The number of sulfonamides is 1. The quantitative estimate of drug-likeness (QED) is 0.210. The standard InChI is InChI=1S/C33H40F2N6O6S/c1-46-16-13-38-48(44,45)26-8-6-25(7-9-26)47-31-10-5-23(19-37-31)20-40-14-11-24(12-15-40)41(21-22-3-2-4-22)33(43)39-30-17-27(32(36)42)28(34)18-29(30)35/h5-10,17-19,22,24,38H,2-4,11-16,20-21H2,1H3,(H2,36,42)(H,39,43). The van der Waals surface area contributed by atoms with Crippen LogP contribution in [-0.4, -0.2) is 81.1 Å². The molecular formula is C33H40F2N6O6S. The average Bonchev–Trinajstić information content (AvgIpc) is 3.03. The van der Waals surface area contributed by atoms with E-state index in [0.717, 1.165) is 44.0 Å². The van der Waals surface area contributed by atoms with Crippen LogP contribution in [0.1, 0.15) is 48.0 Å². The molecule has 0 unspecified atom stereocenters. The van der Waals surface area contributed by atoms with Gasteiger partial charge in [0.2, 0.25) is 15.9 Å². The first-order valence-corrected chi connectivity index (χ1v) is 17.3. The molecule has 48 heavy (non-hydrogen) atoms. The van der Waals surface area contributed by atoms with Crippen molar-refractivity contribution in [1.29, 1.82) is 0 Å². The van der Waals surface area contributed by atoms with Gasteiger partial charge in [0, 0.05) is 64.2 Å². The summed E-state index contributed by atoms with van der Waals surface area (Å²) >= 11 is 0. The summed E-state index contributed by atoms with van der Waals surface area (Å²) in [4.78, 5) is 33.5. The number of ether oxygens (including phenoxy) is 2. The third-order valence-electron chi connectivity index (χ3n) is 8.66. The first kappa shape index (κ1) is 35.1. The number of halogens is 2. The highest BCUT2D eigenvalue weighted by Gasteiger charge is 2.32. The fourth-order valence-corrected chi connectivity index (χ4v) is 6.77. The van der Waals surface area contributed by atoms with E-state index >= 15 is 0 Å². The fraction of sp³-hybridized carbons (Fsp3) is 0.424. The van der Waals surface area contributed by atoms with E-state index in [9.17, 15) is 26.8 Å². The Morgan fingerprint density at radius 2 is 1.77 bits per heavy atom. The molecule has 0 atom stereocenters. The molecule has 15 heteroatoms. The number of benzene rings is 2. The molecule has 2 fully saturated rings. The van der Waals surface area contributed by atoms with Gasteiger partial charge in [-0.3, -0.25) is 9.69 Å². The lowest BCUT2D eigenvalue weighted by molar-refractivity contribution is 0.0994. The minimum atomic E-state index is -3.65. The topological polar surface area (TPSA) is 156 Å². The molecule has 1 saturated carbocycles. The smallest absolute Gasteiger partial charge is 0.322 e. The number of nitrogens with one attached hydrogen (secondary N) is 2. The summed E-state index contributed by atoms with van der Waals surface area (Å²) in [6.45, 7) is 3.08. The van der Waals surface area contributed by atoms with E-state index in [0.29, 0.717) is 49.5 Å². The molecule has 0 radical (unpaired) electrons. The van der Waals surface area contributed by atoms with Gasteiger partial charge in [-0.1, -0.05) is 12.5 Å². The van der Waals surface area contributed by atoms with Crippen LogP contribution in [0.15, 0.2) is 59.6 Å². The van der Waals surface area contributed by atoms with E-state index in [1.54, 1.807) is 29.3 Å². The molecule has 2 aliphatic rings. The van der Waals surface area contributed by atoms with Gasteiger partial charge in [-0.25, -0.2) is 31.7 Å². The highest BCUT2D eigenvalue weighted by molar-refractivity contribution is 7.89. The molecular weight excluding hydrogens is 646 g/mol. The lowest BCUT2D eigenvalue weighted by Crippen LogP contribution is -2.51. The van der Waals surface area contributed by atoms with Gasteiger partial charge in [-0.2, -0.15) is 0 Å². The van der Waals surface area contributed by atoms with Crippen LogP contribution < -0.4 is 20.5 Å². The lowest BCUT2D eigenvalue weighted by atomic mass is 9.84.